The summed E-state index contributed by atoms with van der Waals surface area (Å²) in [7, 11) is 1.53. The SMILES string of the molecule is COc1cc(C2=CN=C3C=CC(c4ccncc4)=NC23)ccc1O. The van der Waals surface area contributed by atoms with Crippen LogP contribution in [0.25, 0.3) is 5.57 Å². The van der Waals surface area contributed by atoms with Gasteiger partial charge in [-0.2, -0.15) is 0 Å². The fourth-order valence-electron chi connectivity index (χ4n) is 2.84. The number of aromatic nitrogens is 1. The van der Waals surface area contributed by atoms with Crippen LogP contribution in [0.15, 0.2) is 71.1 Å². The van der Waals surface area contributed by atoms with Crippen LogP contribution in [0.4, 0.5) is 0 Å². The lowest BCUT2D eigenvalue weighted by molar-refractivity contribution is 0.373. The summed E-state index contributed by atoms with van der Waals surface area (Å²) in [6.45, 7) is 0. The molecule has 1 aromatic heterocycles. The number of pyridine rings is 1. The van der Waals surface area contributed by atoms with Crippen molar-refractivity contribution in [2.45, 2.75) is 6.04 Å². The van der Waals surface area contributed by atoms with E-state index in [1.807, 2.05) is 36.6 Å². The molecule has 0 radical (unpaired) electrons. The van der Waals surface area contributed by atoms with E-state index < -0.39 is 0 Å². The molecule has 0 fully saturated rings. The lowest BCUT2D eigenvalue weighted by Gasteiger charge is -2.18. The maximum atomic E-state index is 9.78. The maximum absolute atomic E-state index is 9.78. The first-order valence-electron chi connectivity index (χ1n) is 7.57. The van der Waals surface area contributed by atoms with E-state index in [0.717, 1.165) is 28.1 Å². The van der Waals surface area contributed by atoms with Gasteiger partial charge in [0.15, 0.2) is 11.5 Å². The Labute approximate surface area is 139 Å². The number of fused-ring (bicyclic) bond motifs is 1. The topological polar surface area (TPSA) is 67.1 Å². The van der Waals surface area contributed by atoms with Gasteiger partial charge in [-0.15, -0.1) is 0 Å². The number of benzene rings is 1. The van der Waals surface area contributed by atoms with Crippen molar-refractivity contribution in [1.82, 2.24) is 4.98 Å². The van der Waals surface area contributed by atoms with Gasteiger partial charge in [-0.25, -0.2) is 0 Å². The minimum absolute atomic E-state index is 0.116. The van der Waals surface area contributed by atoms with E-state index in [2.05, 4.69) is 9.98 Å². The van der Waals surface area contributed by atoms with Crippen molar-refractivity contribution < 1.29 is 9.84 Å². The third-order valence-electron chi connectivity index (χ3n) is 4.10. The fourth-order valence-corrected chi connectivity index (χ4v) is 2.84. The zero-order chi connectivity index (χ0) is 16.5. The summed E-state index contributed by atoms with van der Waals surface area (Å²) in [5.74, 6) is 0.553. The van der Waals surface area contributed by atoms with Gasteiger partial charge in [-0.05, 0) is 42.0 Å². The smallest absolute Gasteiger partial charge is 0.161 e. The highest BCUT2D eigenvalue weighted by atomic mass is 16.5. The Balaban J connectivity index is 1.71. The van der Waals surface area contributed by atoms with Crippen LogP contribution in [0.5, 0.6) is 11.5 Å². The van der Waals surface area contributed by atoms with Crippen LogP contribution in [0.1, 0.15) is 11.1 Å². The summed E-state index contributed by atoms with van der Waals surface area (Å²) in [5, 5.41) is 9.78. The molecule has 0 saturated heterocycles. The molecule has 5 nitrogen and oxygen atoms in total. The maximum Gasteiger partial charge on any atom is 0.161 e. The van der Waals surface area contributed by atoms with Crippen molar-refractivity contribution >= 4 is 17.0 Å². The molecule has 118 valence electrons. The van der Waals surface area contributed by atoms with Crippen molar-refractivity contribution in [3.8, 4) is 11.5 Å². The number of hydrogen-bond donors (Lipinski definition) is 1. The number of phenols is 1. The summed E-state index contributed by atoms with van der Waals surface area (Å²) in [6, 6.07) is 9.01. The van der Waals surface area contributed by atoms with Crippen LogP contribution < -0.4 is 4.74 Å². The van der Waals surface area contributed by atoms with Crippen LogP contribution in [0.2, 0.25) is 0 Å². The average molecular weight is 317 g/mol. The highest BCUT2D eigenvalue weighted by Gasteiger charge is 2.27. The number of aliphatic imine (C=N–C) groups is 2. The van der Waals surface area contributed by atoms with Crippen LogP contribution in [-0.4, -0.2) is 34.7 Å². The van der Waals surface area contributed by atoms with Gasteiger partial charge < -0.3 is 9.84 Å². The Hall–Kier alpha value is -3.21. The molecule has 2 aliphatic heterocycles. The Bertz CT molecular complexity index is 911. The minimum Gasteiger partial charge on any atom is -0.504 e. The van der Waals surface area contributed by atoms with Crippen LogP contribution >= 0.6 is 0 Å². The van der Waals surface area contributed by atoms with Gasteiger partial charge in [0.2, 0.25) is 0 Å². The second kappa shape index (κ2) is 5.77. The largest absolute Gasteiger partial charge is 0.504 e. The number of dihydropyridines is 1. The Morgan fingerprint density at radius 1 is 1.04 bits per heavy atom. The summed E-state index contributed by atoms with van der Waals surface area (Å²) in [6.07, 6.45) is 9.31. The highest BCUT2D eigenvalue weighted by molar-refractivity contribution is 6.21. The summed E-state index contributed by atoms with van der Waals surface area (Å²) >= 11 is 0. The molecule has 1 atom stereocenters. The number of nitrogens with zero attached hydrogens (tertiary/aromatic N) is 3. The molecule has 24 heavy (non-hydrogen) atoms. The molecule has 1 unspecified atom stereocenters. The second-order valence-electron chi connectivity index (χ2n) is 5.51. The van der Waals surface area contributed by atoms with Gasteiger partial charge in [0.1, 0.15) is 6.04 Å². The number of rotatable bonds is 3. The quantitative estimate of drug-likeness (QED) is 0.946. The molecule has 5 heteroatoms. The number of hydrogen-bond acceptors (Lipinski definition) is 5. The van der Waals surface area contributed by atoms with Gasteiger partial charge in [-0.3, -0.25) is 15.0 Å². The summed E-state index contributed by atoms with van der Waals surface area (Å²) < 4.78 is 5.20. The van der Waals surface area contributed by atoms with Crippen molar-refractivity contribution in [1.29, 1.82) is 0 Å². The van der Waals surface area contributed by atoms with Crippen molar-refractivity contribution in [2.75, 3.05) is 7.11 Å². The molecule has 0 aliphatic carbocycles. The predicted octanol–water partition coefficient (Wildman–Crippen LogP) is 3.02. The molecule has 3 heterocycles. The van der Waals surface area contributed by atoms with Gasteiger partial charge in [0, 0.05) is 29.7 Å². The van der Waals surface area contributed by atoms with Gasteiger partial charge in [-0.1, -0.05) is 6.07 Å². The fraction of sp³-hybridized carbons (Fsp3) is 0.105. The molecule has 1 aromatic carbocycles. The molecule has 2 aromatic rings. The van der Waals surface area contributed by atoms with E-state index in [-0.39, 0.29) is 11.8 Å². The second-order valence-corrected chi connectivity index (χ2v) is 5.51. The first-order valence-corrected chi connectivity index (χ1v) is 7.57. The standard InChI is InChI=1S/C19H15N3O2/c1-24-18-10-13(2-5-17(18)23)14-11-21-16-4-3-15(22-19(14)16)12-6-8-20-9-7-12/h2-11,19,23H,1H3. The summed E-state index contributed by atoms with van der Waals surface area (Å²) in [5.41, 5.74) is 4.75. The number of allylic oxidation sites excluding steroid dienone is 1. The van der Waals surface area contributed by atoms with Gasteiger partial charge >= 0.3 is 0 Å². The molecular weight excluding hydrogens is 302 g/mol. The molecule has 0 bridgehead atoms. The van der Waals surface area contributed by atoms with Crippen LogP contribution in [-0.2, 0) is 0 Å². The van der Waals surface area contributed by atoms with E-state index >= 15 is 0 Å². The lowest BCUT2D eigenvalue weighted by atomic mass is 9.94. The first kappa shape index (κ1) is 14.4. The lowest BCUT2D eigenvalue weighted by Crippen LogP contribution is -2.21. The Morgan fingerprint density at radius 3 is 2.67 bits per heavy atom. The average Bonchev–Trinajstić information content (AvgIpc) is 3.06. The Morgan fingerprint density at radius 2 is 1.88 bits per heavy atom. The molecule has 4 rings (SSSR count). The monoisotopic (exact) mass is 317 g/mol. The van der Waals surface area contributed by atoms with Crippen molar-refractivity contribution in [3.05, 3.63) is 72.2 Å². The highest BCUT2D eigenvalue weighted by Crippen LogP contribution is 2.34. The Kier molecular flexibility index (Phi) is 3.46. The van der Waals surface area contributed by atoms with Crippen molar-refractivity contribution in [2.24, 2.45) is 9.98 Å². The predicted molar refractivity (Wildman–Crippen MR) is 93.8 cm³/mol. The van der Waals surface area contributed by atoms with E-state index in [0.29, 0.717) is 5.75 Å². The number of methoxy groups -OCH3 is 1. The third-order valence-corrected chi connectivity index (χ3v) is 4.10. The van der Waals surface area contributed by atoms with Crippen LogP contribution in [0.3, 0.4) is 0 Å². The number of aromatic hydroxyl groups is 1. The van der Waals surface area contributed by atoms with E-state index in [1.165, 1.54) is 7.11 Å². The first-order chi connectivity index (χ1) is 11.8. The normalized spacial score (nSPS) is 18.5. The molecule has 0 saturated carbocycles. The molecule has 2 aliphatic rings. The van der Waals surface area contributed by atoms with E-state index in [1.54, 1.807) is 24.5 Å². The van der Waals surface area contributed by atoms with E-state index in [4.69, 9.17) is 9.73 Å². The zero-order valence-corrected chi connectivity index (χ0v) is 13.0. The van der Waals surface area contributed by atoms with E-state index in [9.17, 15) is 5.11 Å². The summed E-state index contributed by atoms with van der Waals surface area (Å²) in [4.78, 5) is 13.4. The molecule has 1 N–H and O–H groups in total. The van der Waals surface area contributed by atoms with Crippen molar-refractivity contribution in [3.63, 3.8) is 0 Å². The zero-order valence-electron chi connectivity index (χ0n) is 13.0. The number of phenolic OH excluding ortho intramolecular Hbond substituents is 1. The molecular formula is C19H15N3O2. The van der Waals surface area contributed by atoms with Gasteiger partial charge in [0.05, 0.1) is 18.5 Å². The van der Waals surface area contributed by atoms with Gasteiger partial charge in [0.25, 0.3) is 0 Å². The van der Waals surface area contributed by atoms with Crippen LogP contribution in [0, 0.1) is 0 Å². The number of ether oxygens (including phenoxy) is 1. The third kappa shape index (κ3) is 2.40. The minimum atomic E-state index is -0.146. The molecule has 0 spiro atoms. The molecule has 0 amide bonds.